The van der Waals surface area contributed by atoms with Crippen LogP contribution in [0.5, 0.6) is 0 Å². The lowest BCUT2D eigenvalue weighted by Gasteiger charge is -2.26. The monoisotopic (exact) mass is 309 g/mol. The van der Waals surface area contributed by atoms with E-state index in [4.69, 9.17) is 11.6 Å². The van der Waals surface area contributed by atoms with Gasteiger partial charge in [-0.15, -0.1) is 0 Å². The lowest BCUT2D eigenvalue weighted by Crippen LogP contribution is -2.19. The fraction of sp³-hybridized carbons (Fsp3) is 0.765. The first-order valence-corrected chi connectivity index (χ1v) is 8.51. The molecule has 2 rings (SSSR count). The number of rotatable bonds is 4. The number of hydrogen-bond donors (Lipinski definition) is 1. The molecule has 118 valence electrons. The molecule has 0 aliphatic heterocycles. The second kappa shape index (κ2) is 6.95. The average Bonchev–Trinajstić information content (AvgIpc) is 2.37. The molecule has 2 unspecified atom stereocenters. The van der Waals surface area contributed by atoms with Crippen LogP contribution in [0.2, 0.25) is 5.15 Å². The van der Waals surface area contributed by atoms with Crippen molar-refractivity contribution in [1.29, 1.82) is 0 Å². The Morgan fingerprint density at radius 1 is 1.29 bits per heavy atom. The number of anilines is 1. The van der Waals surface area contributed by atoms with Gasteiger partial charge in [-0.2, -0.15) is 0 Å². The molecule has 0 bridgehead atoms. The van der Waals surface area contributed by atoms with Gasteiger partial charge in [-0.1, -0.05) is 58.6 Å². The van der Waals surface area contributed by atoms with Gasteiger partial charge in [0, 0.05) is 18.0 Å². The van der Waals surface area contributed by atoms with Gasteiger partial charge in [0.25, 0.3) is 0 Å². The molecule has 1 fully saturated rings. The first kappa shape index (κ1) is 16.5. The summed E-state index contributed by atoms with van der Waals surface area (Å²) in [5, 5.41) is 3.94. The molecule has 1 aliphatic rings. The van der Waals surface area contributed by atoms with Crippen LogP contribution in [-0.2, 0) is 5.41 Å². The fourth-order valence-electron chi connectivity index (χ4n) is 3.07. The van der Waals surface area contributed by atoms with Crippen LogP contribution in [0.15, 0.2) is 6.07 Å². The zero-order chi connectivity index (χ0) is 15.5. The molecule has 1 heterocycles. The molecule has 0 saturated heterocycles. The summed E-state index contributed by atoms with van der Waals surface area (Å²) in [4.78, 5) is 8.92. The van der Waals surface area contributed by atoms with Crippen molar-refractivity contribution in [3.8, 4) is 0 Å². The third-order valence-electron chi connectivity index (χ3n) is 4.27. The topological polar surface area (TPSA) is 37.8 Å². The highest BCUT2D eigenvalue weighted by atomic mass is 35.5. The van der Waals surface area contributed by atoms with E-state index in [1.807, 2.05) is 6.07 Å². The highest BCUT2D eigenvalue weighted by Crippen LogP contribution is 2.30. The predicted molar refractivity (Wildman–Crippen MR) is 90.0 cm³/mol. The molecule has 1 aromatic heterocycles. The van der Waals surface area contributed by atoms with Crippen molar-refractivity contribution in [1.82, 2.24) is 9.97 Å². The molecule has 4 heteroatoms. The number of hydrogen-bond acceptors (Lipinski definition) is 3. The molecular weight excluding hydrogens is 282 g/mol. The number of nitrogens with one attached hydrogen (secondary N) is 1. The van der Waals surface area contributed by atoms with Crippen LogP contribution in [-0.4, -0.2) is 16.5 Å². The molecule has 1 aromatic rings. The van der Waals surface area contributed by atoms with Crippen molar-refractivity contribution < 1.29 is 0 Å². The largest absolute Gasteiger partial charge is 0.370 e. The third kappa shape index (κ3) is 5.14. The average molecular weight is 310 g/mol. The minimum Gasteiger partial charge on any atom is -0.370 e. The molecule has 0 amide bonds. The van der Waals surface area contributed by atoms with E-state index in [-0.39, 0.29) is 5.41 Å². The summed E-state index contributed by atoms with van der Waals surface area (Å²) in [6, 6.07) is 1.82. The van der Waals surface area contributed by atoms with Crippen LogP contribution in [0.3, 0.4) is 0 Å². The summed E-state index contributed by atoms with van der Waals surface area (Å²) in [5.41, 5.74) is -0.0832. The maximum atomic E-state index is 6.11. The zero-order valence-corrected chi connectivity index (χ0v) is 14.5. The molecule has 1 aliphatic carbocycles. The van der Waals surface area contributed by atoms with E-state index in [2.05, 4.69) is 43.0 Å². The van der Waals surface area contributed by atoms with E-state index in [1.165, 1.54) is 32.1 Å². The number of halogens is 1. The van der Waals surface area contributed by atoms with Crippen molar-refractivity contribution in [3.63, 3.8) is 0 Å². The third-order valence-corrected chi connectivity index (χ3v) is 4.46. The van der Waals surface area contributed by atoms with E-state index in [0.717, 1.165) is 30.0 Å². The van der Waals surface area contributed by atoms with Crippen molar-refractivity contribution >= 4 is 17.4 Å². The highest BCUT2D eigenvalue weighted by molar-refractivity contribution is 6.29. The maximum Gasteiger partial charge on any atom is 0.137 e. The lowest BCUT2D eigenvalue weighted by atomic mass is 9.81. The SMILES string of the molecule is CC1CCCC(CCNc2cc(Cl)nc(C(C)(C)C)n2)C1. The van der Waals surface area contributed by atoms with Crippen molar-refractivity contribution in [2.75, 3.05) is 11.9 Å². The second-order valence-corrected chi connectivity index (χ2v) is 7.89. The summed E-state index contributed by atoms with van der Waals surface area (Å²) in [6.07, 6.45) is 6.76. The van der Waals surface area contributed by atoms with Gasteiger partial charge < -0.3 is 5.32 Å². The van der Waals surface area contributed by atoms with Crippen LogP contribution in [0.4, 0.5) is 5.82 Å². The van der Waals surface area contributed by atoms with E-state index in [1.54, 1.807) is 0 Å². The van der Waals surface area contributed by atoms with Crippen molar-refractivity contribution in [3.05, 3.63) is 17.0 Å². The summed E-state index contributed by atoms with van der Waals surface area (Å²) < 4.78 is 0. The highest BCUT2D eigenvalue weighted by Gasteiger charge is 2.20. The molecule has 3 nitrogen and oxygen atoms in total. The molecule has 21 heavy (non-hydrogen) atoms. The minimum atomic E-state index is -0.0832. The van der Waals surface area contributed by atoms with Gasteiger partial charge in [0.15, 0.2) is 0 Å². The second-order valence-electron chi connectivity index (χ2n) is 7.50. The normalized spacial score (nSPS) is 23.1. The Morgan fingerprint density at radius 2 is 2.05 bits per heavy atom. The first-order chi connectivity index (χ1) is 9.84. The Hall–Kier alpha value is -0.830. The van der Waals surface area contributed by atoms with Gasteiger partial charge in [0.05, 0.1) is 0 Å². The molecule has 1 N–H and O–H groups in total. The summed E-state index contributed by atoms with van der Waals surface area (Å²) >= 11 is 6.11. The van der Waals surface area contributed by atoms with Crippen LogP contribution in [0, 0.1) is 11.8 Å². The van der Waals surface area contributed by atoms with Crippen molar-refractivity contribution in [2.24, 2.45) is 11.8 Å². The Morgan fingerprint density at radius 3 is 2.71 bits per heavy atom. The smallest absolute Gasteiger partial charge is 0.137 e. The molecule has 0 aromatic carbocycles. The van der Waals surface area contributed by atoms with Crippen LogP contribution in [0.25, 0.3) is 0 Å². The fourth-order valence-corrected chi connectivity index (χ4v) is 3.25. The van der Waals surface area contributed by atoms with E-state index >= 15 is 0 Å². The van der Waals surface area contributed by atoms with Gasteiger partial charge in [0.2, 0.25) is 0 Å². The summed E-state index contributed by atoms with van der Waals surface area (Å²) in [6.45, 7) is 9.65. The quantitative estimate of drug-likeness (QED) is 0.790. The van der Waals surface area contributed by atoms with E-state index in [9.17, 15) is 0 Å². The minimum absolute atomic E-state index is 0.0832. The lowest BCUT2D eigenvalue weighted by molar-refractivity contribution is 0.274. The maximum absolute atomic E-state index is 6.11. The molecule has 1 saturated carbocycles. The molecule has 0 radical (unpaired) electrons. The van der Waals surface area contributed by atoms with E-state index in [0.29, 0.717) is 5.15 Å². The van der Waals surface area contributed by atoms with Crippen LogP contribution < -0.4 is 5.32 Å². The molecular formula is C17H28ClN3. The molecule has 2 atom stereocenters. The van der Waals surface area contributed by atoms with Gasteiger partial charge in [-0.05, 0) is 24.7 Å². The van der Waals surface area contributed by atoms with Gasteiger partial charge in [-0.25, -0.2) is 9.97 Å². The summed E-state index contributed by atoms with van der Waals surface area (Å²) in [7, 11) is 0. The number of aromatic nitrogens is 2. The van der Waals surface area contributed by atoms with Crippen molar-refractivity contribution in [2.45, 2.75) is 65.2 Å². The van der Waals surface area contributed by atoms with Crippen LogP contribution in [0.1, 0.15) is 65.6 Å². The summed E-state index contributed by atoms with van der Waals surface area (Å²) in [5.74, 6) is 3.40. The van der Waals surface area contributed by atoms with Gasteiger partial charge in [0.1, 0.15) is 16.8 Å². The Bertz CT molecular complexity index is 468. The van der Waals surface area contributed by atoms with Gasteiger partial charge in [-0.3, -0.25) is 0 Å². The van der Waals surface area contributed by atoms with Crippen LogP contribution >= 0.6 is 11.6 Å². The van der Waals surface area contributed by atoms with Gasteiger partial charge >= 0.3 is 0 Å². The zero-order valence-electron chi connectivity index (χ0n) is 13.7. The van der Waals surface area contributed by atoms with E-state index < -0.39 is 0 Å². The predicted octanol–water partition coefficient (Wildman–Crippen LogP) is 5.06. The standard InChI is InChI=1S/C17H28ClN3/c1-12-6-5-7-13(10-12)8-9-19-15-11-14(18)20-16(21-15)17(2,3)4/h11-13H,5-10H2,1-4H3,(H,19,20,21). The first-order valence-electron chi connectivity index (χ1n) is 8.13. The Balaban J connectivity index is 1.89. The Kier molecular flexibility index (Phi) is 5.48. The number of nitrogens with zero attached hydrogens (tertiary/aromatic N) is 2. The Labute approximate surface area is 133 Å². The molecule has 0 spiro atoms.